The quantitative estimate of drug-likeness (QED) is 0.791. The average Bonchev–Trinajstić information content (AvgIpc) is 3.01. The van der Waals surface area contributed by atoms with Crippen LogP contribution in [0, 0.1) is 0 Å². The zero-order valence-electron chi connectivity index (χ0n) is 14.6. The minimum atomic E-state index is 0.753. The summed E-state index contributed by atoms with van der Waals surface area (Å²) in [5.41, 5.74) is 11.0. The largest absolute Gasteiger partial charge is 0.398 e. The van der Waals surface area contributed by atoms with E-state index in [0.29, 0.717) is 0 Å². The van der Waals surface area contributed by atoms with Crippen molar-refractivity contribution in [1.82, 2.24) is 24.2 Å². The van der Waals surface area contributed by atoms with Gasteiger partial charge in [0, 0.05) is 62.6 Å². The first-order chi connectivity index (χ1) is 12.2. The number of fused-ring (bicyclic) bond motifs is 1. The molecule has 3 aromatic heterocycles. The molecule has 0 amide bonds. The first-order valence-corrected chi connectivity index (χ1v) is 8.86. The molecule has 6 nitrogen and oxygen atoms in total. The maximum absolute atomic E-state index is 6.03. The maximum atomic E-state index is 6.03. The second kappa shape index (κ2) is 6.82. The van der Waals surface area contributed by atoms with Crippen LogP contribution in [-0.2, 0) is 6.54 Å². The topological polar surface area (TPSA) is 62.7 Å². The Morgan fingerprint density at radius 1 is 1.00 bits per heavy atom. The van der Waals surface area contributed by atoms with Crippen LogP contribution >= 0.6 is 0 Å². The predicted octanol–water partition coefficient (Wildman–Crippen LogP) is 2.12. The van der Waals surface area contributed by atoms with E-state index in [2.05, 4.69) is 26.1 Å². The number of imidazole rings is 1. The maximum Gasteiger partial charge on any atom is 0.137 e. The molecule has 0 saturated carbocycles. The zero-order valence-corrected chi connectivity index (χ0v) is 14.6. The van der Waals surface area contributed by atoms with Gasteiger partial charge in [0.25, 0.3) is 0 Å². The van der Waals surface area contributed by atoms with Crippen LogP contribution in [0.5, 0.6) is 0 Å². The molecule has 0 atom stereocenters. The first kappa shape index (κ1) is 16.1. The Kier molecular flexibility index (Phi) is 4.38. The second-order valence-electron chi connectivity index (χ2n) is 6.54. The van der Waals surface area contributed by atoms with Crippen molar-refractivity contribution in [2.45, 2.75) is 13.5 Å². The van der Waals surface area contributed by atoms with Crippen LogP contribution in [0.25, 0.3) is 16.9 Å². The number of nitrogens with zero attached hydrogens (tertiary/aromatic N) is 5. The Morgan fingerprint density at radius 3 is 2.44 bits per heavy atom. The lowest BCUT2D eigenvalue weighted by Gasteiger charge is -2.34. The van der Waals surface area contributed by atoms with E-state index in [1.165, 1.54) is 5.69 Å². The molecule has 4 heterocycles. The Hall–Kier alpha value is -2.44. The predicted molar refractivity (Wildman–Crippen MR) is 100 cm³/mol. The molecule has 3 aromatic rings. The van der Waals surface area contributed by atoms with Gasteiger partial charge >= 0.3 is 0 Å². The molecule has 0 bridgehead atoms. The van der Waals surface area contributed by atoms with Crippen LogP contribution in [0.3, 0.4) is 0 Å². The second-order valence-corrected chi connectivity index (χ2v) is 6.54. The molecule has 0 aromatic carbocycles. The molecule has 1 fully saturated rings. The van der Waals surface area contributed by atoms with Crippen molar-refractivity contribution in [3.8, 4) is 11.3 Å². The summed E-state index contributed by atoms with van der Waals surface area (Å²) in [6.07, 6.45) is 5.61. The summed E-state index contributed by atoms with van der Waals surface area (Å²) >= 11 is 0. The molecule has 0 spiro atoms. The SMILES string of the molecule is CCN1CCN(Cc2c(-c3ccncc3)nc3ccc(N)cn23)CC1. The highest BCUT2D eigenvalue weighted by Crippen LogP contribution is 2.26. The van der Waals surface area contributed by atoms with Gasteiger partial charge in [0.2, 0.25) is 0 Å². The normalized spacial score (nSPS) is 16.5. The third kappa shape index (κ3) is 3.23. The molecule has 0 aliphatic carbocycles. The number of nitrogen functional groups attached to an aromatic ring is 1. The Morgan fingerprint density at radius 2 is 1.72 bits per heavy atom. The van der Waals surface area contributed by atoms with Gasteiger partial charge in [0.1, 0.15) is 5.65 Å². The summed E-state index contributed by atoms with van der Waals surface area (Å²) in [7, 11) is 0. The van der Waals surface area contributed by atoms with E-state index in [1.807, 2.05) is 42.9 Å². The van der Waals surface area contributed by atoms with Gasteiger partial charge in [-0.3, -0.25) is 9.88 Å². The van der Waals surface area contributed by atoms with E-state index in [0.717, 1.165) is 61.9 Å². The van der Waals surface area contributed by atoms with Crippen molar-refractivity contribution in [1.29, 1.82) is 0 Å². The number of piperazine rings is 1. The summed E-state index contributed by atoms with van der Waals surface area (Å²) in [4.78, 5) is 14.0. The van der Waals surface area contributed by atoms with Gasteiger partial charge in [-0.15, -0.1) is 0 Å². The molecule has 130 valence electrons. The van der Waals surface area contributed by atoms with E-state index in [1.54, 1.807) is 0 Å². The Balaban J connectivity index is 1.71. The number of anilines is 1. The molecule has 1 aliphatic heterocycles. The van der Waals surface area contributed by atoms with Gasteiger partial charge in [0.05, 0.1) is 11.4 Å². The third-order valence-corrected chi connectivity index (χ3v) is 4.98. The average molecular weight is 336 g/mol. The van der Waals surface area contributed by atoms with Gasteiger partial charge in [0.15, 0.2) is 0 Å². The van der Waals surface area contributed by atoms with Crippen molar-refractivity contribution in [2.75, 3.05) is 38.5 Å². The van der Waals surface area contributed by atoms with E-state index >= 15 is 0 Å². The number of nitrogens with two attached hydrogens (primary N) is 1. The van der Waals surface area contributed by atoms with E-state index < -0.39 is 0 Å². The highest BCUT2D eigenvalue weighted by Gasteiger charge is 2.20. The van der Waals surface area contributed by atoms with Crippen LogP contribution in [0.2, 0.25) is 0 Å². The van der Waals surface area contributed by atoms with E-state index in [9.17, 15) is 0 Å². The molecule has 1 aliphatic rings. The first-order valence-electron chi connectivity index (χ1n) is 8.86. The molecule has 0 unspecified atom stereocenters. The van der Waals surface area contributed by atoms with Crippen molar-refractivity contribution in [3.63, 3.8) is 0 Å². The smallest absolute Gasteiger partial charge is 0.137 e. The summed E-state index contributed by atoms with van der Waals surface area (Å²) in [5, 5.41) is 0. The van der Waals surface area contributed by atoms with Gasteiger partial charge in [-0.25, -0.2) is 4.98 Å². The van der Waals surface area contributed by atoms with Crippen LogP contribution in [-0.4, -0.2) is 56.9 Å². The number of hydrogen-bond donors (Lipinski definition) is 1. The number of hydrogen-bond acceptors (Lipinski definition) is 5. The minimum Gasteiger partial charge on any atom is -0.398 e. The van der Waals surface area contributed by atoms with Gasteiger partial charge in [-0.2, -0.15) is 0 Å². The molecule has 4 rings (SSSR count). The lowest BCUT2D eigenvalue weighted by atomic mass is 10.1. The molecule has 1 saturated heterocycles. The van der Waals surface area contributed by atoms with E-state index in [4.69, 9.17) is 10.7 Å². The van der Waals surface area contributed by atoms with E-state index in [-0.39, 0.29) is 0 Å². The summed E-state index contributed by atoms with van der Waals surface area (Å²) < 4.78 is 2.14. The minimum absolute atomic E-state index is 0.753. The summed E-state index contributed by atoms with van der Waals surface area (Å²) in [5.74, 6) is 0. The van der Waals surface area contributed by atoms with Gasteiger partial charge < -0.3 is 15.0 Å². The van der Waals surface area contributed by atoms with Crippen LogP contribution in [0.4, 0.5) is 5.69 Å². The summed E-state index contributed by atoms with van der Waals surface area (Å²) in [6.45, 7) is 8.64. The van der Waals surface area contributed by atoms with Gasteiger partial charge in [-0.1, -0.05) is 6.92 Å². The lowest BCUT2D eigenvalue weighted by Crippen LogP contribution is -2.45. The fourth-order valence-electron chi connectivity index (χ4n) is 3.48. The molecule has 25 heavy (non-hydrogen) atoms. The fourth-order valence-corrected chi connectivity index (χ4v) is 3.48. The third-order valence-electron chi connectivity index (χ3n) is 4.98. The van der Waals surface area contributed by atoms with Crippen molar-refractivity contribution >= 4 is 11.3 Å². The monoisotopic (exact) mass is 336 g/mol. The van der Waals surface area contributed by atoms with Crippen molar-refractivity contribution in [3.05, 3.63) is 48.5 Å². The number of rotatable bonds is 4. The molecule has 6 heteroatoms. The standard InChI is InChI=1S/C19H24N6/c1-2-23-9-11-24(12-10-23)14-17-19(15-5-7-21-8-6-15)22-18-4-3-16(20)13-25(17)18/h3-8,13H,2,9-12,14,20H2,1H3. The molecule has 0 radical (unpaired) electrons. The Bertz CT molecular complexity index is 849. The molecular formula is C19H24N6. The fraction of sp³-hybridized carbons (Fsp3) is 0.368. The summed E-state index contributed by atoms with van der Waals surface area (Å²) in [6, 6.07) is 7.92. The Labute approximate surface area is 147 Å². The lowest BCUT2D eigenvalue weighted by molar-refractivity contribution is 0.131. The van der Waals surface area contributed by atoms with Crippen LogP contribution < -0.4 is 5.73 Å². The molecular weight excluding hydrogens is 312 g/mol. The van der Waals surface area contributed by atoms with Gasteiger partial charge in [-0.05, 0) is 30.8 Å². The number of pyridine rings is 2. The number of aromatic nitrogens is 3. The zero-order chi connectivity index (χ0) is 17.2. The number of likely N-dealkylation sites (N-methyl/N-ethyl adjacent to an activating group) is 1. The van der Waals surface area contributed by atoms with Crippen molar-refractivity contribution in [2.24, 2.45) is 0 Å². The highest BCUT2D eigenvalue weighted by molar-refractivity contribution is 5.67. The van der Waals surface area contributed by atoms with Crippen LogP contribution in [0.1, 0.15) is 12.6 Å². The van der Waals surface area contributed by atoms with Crippen LogP contribution in [0.15, 0.2) is 42.9 Å². The highest BCUT2D eigenvalue weighted by atomic mass is 15.3. The molecule has 2 N–H and O–H groups in total. The van der Waals surface area contributed by atoms with Crippen molar-refractivity contribution < 1.29 is 0 Å².